The molecule has 2 rings (SSSR count). The van der Waals surface area contributed by atoms with Gasteiger partial charge in [0.1, 0.15) is 11.4 Å². The number of nitrogen functional groups attached to an aromatic ring is 1. The van der Waals surface area contributed by atoms with Gasteiger partial charge in [0.25, 0.3) is 11.5 Å². The van der Waals surface area contributed by atoms with Gasteiger partial charge in [0.2, 0.25) is 0 Å². The van der Waals surface area contributed by atoms with E-state index in [-0.39, 0.29) is 22.4 Å². The first-order valence-electron chi connectivity index (χ1n) is 9.16. The molecule has 0 saturated carbocycles. The Morgan fingerprint density at radius 1 is 1.37 bits per heavy atom. The molecule has 8 nitrogen and oxygen atoms in total. The maximum absolute atomic E-state index is 12.2. The Labute approximate surface area is 163 Å². The van der Waals surface area contributed by atoms with Crippen molar-refractivity contribution in [2.75, 3.05) is 39.0 Å². The van der Waals surface area contributed by atoms with Crippen molar-refractivity contribution in [3.8, 4) is 0 Å². The second-order valence-electron chi connectivity index (χ2n) is 6.80. The molecule has 9 heteroatoms. The number of methoxy groups -OCH3 is 1. The molecule has 1 aromatic heterocycles. The molecule has 0 spiro atoms. The standard InChI is InChI=1S/C18H27ClN4O4/c1-27-15(24)4-2-3-7-23-8-5-12(6-9-23)11-21-17(25)13-10-14(19)16(20)22-18(13)26/h10,12H,2-9,11H2,1H3,(H,21,25)(H3,20,22,26). The van der Waals surface area contributed by atoms with Gasteiger partial charge in [-0.25, -0.2) is 0 Å². The number of pyridine rings is 1. The third kappa shape index (κ3) is 6.55. The van der Waals surface area contributed by atoms with E-state index in [1.807, 2.05) is 0 Å². The SMILES string of the molecule is COC(=O)CCCCN1CCC(CNC(=O)c2cc(Cl)c(N)[nH]c2=O)CC1. The van der Waals surface area contributed by atoms with Crippen LogP contribution in [-0.4, -0.2) is 55.0 Å². The van der Waals surface area contributed by atoms with Crippen LogP contribution in [0.5, 0.6) is 0 Å². The zero-order valence-electron chi connectivity index (χ0n) is 15.6. The van der Waals surface area contributed by atoms with E-state index in [0.29, 0.717) is 18.9 Å². The number of anilines is 1. The number of carbonyl (C=O) groups excluding carboxylic acids is 2. The molecular formula is C18H27ClN4O4. The number of hydrogen-bond acceptors (Lipinski definition) is 6. The van der Waals surface area contributed by atoms with Crippen LogP contribution < -0.4 is 16.6 Å². The summed E-state index contributed by atoms with van der Waals surface area (Å²) in [6, 6.07) is 1.29. The topological polar surface area (TPSA) is 118 Å². The van der Waals surface area contributed by atoms with Crippen molar-refractivity contribution in [2.24, 2.45) is 5.92 Å². The fourth-order valence-electron chi connectivity index (χ4n) is 3.14. The van der Waals surface area contributed by atoms with Crippen LogP contribution in [0.2, 0.25) is 5.02 Å². The summed E-state index contributed by atoms with van der Waals surface area (Å²) in [5.41, 5.74) is 4.94. The van der Waals surface area contributed by atoms with Crippen LogP contribution in [0.3, 0.4) is 0 Å². The molecule has 1 aromatic rings. The number of halogens is 1. The van der Waals surface area contributed by atoms with Crippen LogP contribution in [0.1, 0.15) is 42.5 Å². The lowest BCUT2D eigenvalue weighted by Gasteiger charge is -2.32. The third-order valence-electron chi connectivity index (χ3n) is 4.86. The fourth-order valence-corrected chi connectivity index (χ4v) is 3.30. The Morgan fingerprint density at radius 3 is 2.74 bits per heavy atom. The molecular weight excluding hydrogens is 372 g/mol. The number of ether oxygens (including phenoxy) is 1. The van der Waals surface area contributed by atoms with Gasteiger partial charge in [-0.2, -0.15) is 0 Å². The van der Waals surface area contributed by atoms with Crippen LogP contribution in [0.4, 0.5) is 5.82 Å². The monoisotopic (exact) mass is 398 g/mol. The molecule has 0 aromatic carbocycles. The average molecular weight is 399 g/mol. The number of esters is 1. The summed E-state index contributed by atoms with van der Waals surface area (Å²) in [7, 11) is 1.41. The Hall–Kier alpha value is -2.06. The Bertz CT molecular complexity index is 714. The molecule has 1 saturated heterocycles. The zero-order valence-corrected chi connectivity index (χ0v) is 16.3. The van der Waals surface area contributed by atoms with Crippen LogP contribution in [0.15, 0.2) is 10.9 Å². The lowest BCUT2D eigenvalue weighted by atomic mass is 9.96. The van der Waals surface area contributed by atoms with E-state index >= 15 is 0 Å². The highest BCUT2D eigenvalue weighted by molar-refractivity contribution is 6.33. The van der Waals surface area contributed by atoms with E-state index in [9.17, 15) is 14.4 Å². The van der Waals surface area contributed by atoms with Gasteiger partial charge in [-0.05, 0) is 57.3 Å². The quantitative estimate of drug-likeness (QED) is 0.450. The number of nitrogens with zero attached hydrogens (tertiary/aromatic N) is 1. The number of likely N-dealkylation sites (tertiary alicyclic amines) is 1. The molecule has 0 aliphatic carbocycles. The maximum Gasteiger partial charge on any atom is 0.305 e. The number of nitrogens with two attached hydrogens (primary N) is 1. The highest BCUT2D eigenvalue weighted by Crippen LogP contribution is 2.18. The number of rotatable bonds is 8. The molecule has 4 N–H and O–H groups in total. The summed E-state index contributed by atoms with van der Waals surface area (Å²) in [6.07, 6.45) is 4.23. The number of piperidine rings is 1. The van der Waals surface area contributed by atoms with Crippen molar-refractivity contribution in [3.63, 3.8) is 0 Å². The Balaban J connectivity index is 1.69. The van der Waals surface area contributed by atoms with E-state index < -0.39 is 11.5 Å². The van der Waals surface area contributed by atoms with Gasteiger partial charge in [-0.15, -0.1) is 0 Å². The molecule has 0 radical (unpaired) electrons. The maximum atomic E-state index is 12.2. The van der Waals surface area contributed by atoms with Gasteiger partial charge < -0.3 is 25.7 Å². The first-order valence-corrected chi connectivity index (χ1v) is 9.54. The summed E-state index contributed by atoms with van der Waals surface area (Å²) in [5, 5.41) is 2.97. The average Bonchev–Trinajstić information content (AvgIpc) is 2.66. The lowest BCUT2D eigenvalue weighted by Crippen LogP contribution is -2.40. The number of carbonyl (C=O) groups is 2. The Kier molecular flexibility index (Phi) is 8.12. The van der Waals surface area contributed by atoms with Crippen molar-refractivity contribution in [2.45, 2.75) is 32.1 Å². The predicted octanol–water partition coefficient (Wildman–Crippen LogP) is 1.40. The van der Waals surface area contributed by atoms with E-state index in [4.69, 9.17) is 17.3 Å². The molecule has 0 unspecified atom stereocenters. The van der Waals surface area contributed by atoms with Gasteiger partial charge in [-0.1, -0.05) is 11.6 Å². The van der Waals surface area contributed by atoms with E-state index in [1.165, 1.54) is 13.2 Å². The molecule has 2 heterocycles. The van der Waals surface area contributed by atoms with Crippen molar-refractivity contribution in [1.82, 2.24) is 15.2 Å². The lowest BCUT2D eigenvalue weighted by molar-refractivity contribution is -0.140. The largest absolute Gasteiger partial charge is 0.469 e. The van der Waals surface area contributed by atoms with Crippen molar-refractivity contribution in [1.29, 1.82) is 0 Å². The normalized spacial score (nSPS) is 15.5. The number of amides is 1. The molecule has 1 amide bonds. The number of unbranched alkanes of at least 4 members (excludes halogenated alkanes) is 1. The third-order valence-corrected chi connectivity index (χ3v) is 5.17. The first-order chi connectivity index (χ1) is 12.9. The van der Waals surface area contributed by atoms with Gasteiger partial charge >= 0.3 is 5.97 Å². The summed E-state index contributed by atoms with van der Waals surface area (Å²) in [4.78, 5) is 39.9. The van der Waals surface area contributed by atoms with Gasteiger partial charge in [0, 0.05) is 13.0 Å². The molecule has 1 aliphatic heterocycles. The molecule has 0 atom stereocenters. The highest BCUT2D eigenvalue weighted by Gasteiger charge is 2.20. The summed E-state index contributed by atoms with van der Waals surface area (Å²) in [5.74, 6) is -0.171. The van der Waals surface area contributed by atoms with Gasteiger partial charge in [0.15, 0.2) is 0 Å². The molecule has 27 heavy (non-hydrogen) atoms. The Morgan fingerprint density at radius 2 is 2.07 bits per heavy atom. The van der Waals surface area contributed by atoms with Crippen LogP contribution in [-0.2, 0) is 9.53 Å². The smallest absolute Gasteiger partial charge is 0.305 e. The minimum atomic E-state index is -0.545. The van der Waals surface area contributed by atoms with Crippen LogP contribution in [0, 0.1) is 5.92 Å². The summed E-state index contributed by atoms with van der Waals surface area (Å²) < 4.78 is 4.63. The minimum absolute atomic E-state index is 0.0303. The van der Waals surface area contributed by atoms with Crippen molar-refractivity contribution in [3.05, 3.63) is 27.0 Å². The number of aromatic nitrogens is 1. The molecule has 0 bridgehead atoms. The zero-order chi connectivity index (χ0) is 19.8. The first kappa shape index (κ1) is 21.2. The highest BCUT2D eigenvalue weighted by atomic mass is 35.5. The van der Waals surface area contributed by atoms with Gasteiger partial charge in [0.05, 0.1) is 12.1 Å². The minimum Gasteiger partial charge on any atom is -0.469 e. The number of nitrogens with one attached hydrogen (secondary N) is 2. The predicted molar refractivity (Wildman–Crippen MR) is 104 cm³/mol. The van der Waals surface area contributed by atoms with Crippen molar-refractivity contribution >= 4 is 29.3 Å². The number of aromatic amines is 1. The van der Waals surface area contributed by atoms with Crippen LogP contribution in [0.25, 0.3) is 0 Å². The van der Waals surface area contributed by atoms with E-state index in [0.717, 1.165) is 45.3 Å². The molecule has 1 aliphatic rings. The summed E-state index contributed by atoms with van der Waals surface area (Å²) >= 11 is 5.87. The van der Waals surface area contributed by atoms with Crippen molar-refractivity contribution < 1.29 is 14.3 Å². The summed E-state index contributed by atoms with van der Waals surface area (Å²) in [6.45, 7) is 3.42. The number of H-pyrrole nitrogens is 1. The fraction of sp³-hybridized carbons (Fsp3) is 0.611. The number of hydrogen-bond donors (Lipinski definition) is 3. The van der Waals surface area contributed by atoms with Crippen LogP contribution >= 0.6 is 11.6 Å². The van der Waals surface area contributed by atoms with E-state index in [1.54, 1.807) is 0 Å². The molecule has 1 fully saturated rings. The molecule has 150 valence electrons. The van der Waals surface area contributed by atoms with E-state index in [2.05, 4.69) is 19.9 Å². The van der Waals surface area contributed by atoms with Gasteiger partial charge in [-0.3, -0.25) is 14.4 Å². The second-order valence-corrected chi connectivity index (χ2v) is 7.21. The second kappa shape index (κ2) is 10.3.